The Hall–Kier alpha value is -1.53. The van der Waals surface area contributed by atoms with E-state index in [-0.39, 0.29) is 17.3 Å². The van der Waals surface area contributed by atoms with Gasteiger partial charge in [0, 0.05) is 14.5 Å². The van der Waals surface area contributed by atoms with E-state index in [1.165, 1.54) is 12.1 Å². The van der Waals surface area contributed by atoms with E-state index in [2.05, 4.69) is 37.2 Å². The molecule has 0 spiro atoms. The van der Waals surface area contributed by atoms with Crippen LogP contribution in [0, 0.1) is 6.92 Å². The van der Waals surface area contributed by atoms with E-state index in [9.17, 15) is 9.90 Å². The van der Waals surface area contributed by atoms with Crippen molar-refractivity contribution in [2.45, 2.75) is 6.92 Å². The van der Waals surface area contributed by atoms with E-state index >= 15 is 0 Å². The number of phenolic OH excluding ortho intramolecular Hbond substituents is 1. The highest BCUT2D eigenvalue weighted by Gasteiger charge is 2.13. The molecule has 0 bridgehead atoms. The van der Waals surface area contributed by atoms with Crippen LogP contribution in [0.4, 0.5) is 11.4 Å². The number of halogens is 2. The van der Waals surface area contributed by atoms with Crippen LogP contribution in [0.2, 0.25) is 0 Å². The molecule has 0 atom stereocenters. The molecule has 0 saturated carbocycles. The van der Waals surface area contributed by atoms with Gasteiger partial charge in [-0.15, -0.1) is 0 Å². The third-order valence-electron chi connectivity index (χ3n) is 2.72. The Kier molecular flexibility index (Phi) is 4.35. The number of aromatic hydroxyl groups is 1. The van der Waals surface area contributed by atoms with Crippen molar-refractivity contribution in [2.75, 3.05) is 11.1 Å². The minimum absolute atomic E-state index is 0.111. The third-order valence-corrected chi connectivity index (χ3v) is 3.97. The summed E-state index contributed by atoms with van der Waals surface area (Å²) in [5.41, 5.74) is 7.77. The quantitative estimate of drug-likeness (QED) is 0.526. The minimum atomic E-state index is -0.328. The molecule has 104 valence electrons. The van der Waals surface area contributed by atoms with Crippen LogP contribution < -0.4 is 11.1 Å². The lowest BCUT2D eigenvalue weighted by atomic mass is 10.1. The third kappa shape index (κ3) is 3.13. The molecular weight excluding hydrogens is 388 g/mol. The predicted octanol–water partition coefficient (Wildman–Crippen LogP) is 4.06. The van der Waals surface area contributed by atoms with Gasteiger partial charge in [-0.1, -0.05) is 0 Å². The molecule has 4 nitrogen and oxygen atoms in total. The van der Waals surface area contributed by atoms with E-state index < -0.39 is 0 Å². The summed E-state index contributed by atoms with van der Waals surface area (Å²) in [6, 6.07) is 8.19. The van der Waals surface area contributed by atoms with E-state index in [0.29, 0.717) is 11.3 Å². The average Bonchev–Trinajstić information content (AvgIpc) is 2.36. The number of rotatable bonds is 2. The number of phenols is 1. The number of aryl methyl sites for hydroxylation is 1. The maximum absolute atomic E-state index is 12.2. The van der Waals surface area contributed by atoms with Crippen molar-refractivity contribution in [3.05, 3.63) is 50.4 Å². The zero-order valence-electron chi connectivity index (χ0n) is 10.6. The van der Waals surface area contributed by atoms with Gasteiger partial charge in [-0.05, 0) is 74.7 Å². The maximum atomic E-state index is 12.2. The van der Waals surface area contributed by atoms with E-state index in [1.807, 2.05) is 19.1 Å². The fourth-order valence-electron chi connectivity index (χ4n) is 1.69. The van der Waals surface area contributed by atoms with Crippen molar-refractivity contribution in [3.63, 3.8) is 0 Å². The molecule has 0 aromatic heterocycles. The Balaban J connectivity index is 2.30. The Morgan fingerprint density at radius 2 is 1.80 bits per heavy atom. The first-order valence-electron chi connectivity index (χ1n) is 5.74. The van der Waals surface area contributed by atoms with E-state index in [0.717, 1.165) is 14.5 Å². The SMILES string of the molecule is Cc1cc(Br)c(NC(=O)c2ccc(N)c(O)c2)c(Br)c1. The fourth-order valence-corrected chi connectivity index (χ4v) is 3.30. The molecule has 0 unspecified atom stereocenters. The normalized spacial score (nSPS) is 10.3. The first kappa shape index (κ1) is 14.9. The fraction of sp³-hybridized carbons (Fsp3) is 0.0714. The van der Waals surface area contributed by atoms with Gasteiger partial charge in [-0.25, -0.2) is 0 Å². The standard InChI is InChI=1S/C14H12Br2N2O2/c1-7-4-9(15)13(10(16)5-7)18-14(20)8-2-3-11(17)12(19)6-8/h2-6,19H,17H2,1H3,(H,18,20). The lowest BCUT2D eigenvalue weighted by Gasteiger charge is -2.11. The molecular formula is C14H12Br2N2O2. The summed E-state index contributed by atoms with van der Waals surface area (Å²) in [5.74, 6) is -0.440. The van der Waals surface area contributed by atoms with Crippen LogP contribution in [0.5, 0.6) is 5.75 Å². The zero-order chi connectivity index (χ0) is 14.9. The molecule has 2 rings (SSSR count). The van der Waals surface area contributed by atoms with Gasteiger partial charge in [0.05, 0.1) is 11.4 Å². The molecule has 0 radical (unpaired) electrons. The van der Waals surface area contributed by atoms with Crippen LogP contribution >= 0.6 is 31.9 Å². The number of hydrogen-bond acceptors (Lipinski definition) is 3. The Bertz CT molecular complexity index is 664. The topological polar surface area (TPSA) is 75.4 Å². The second kappa shape index (κ2) is 5.85. The molecule has 4 N–H and O–H groups in total. The van der Waals surface area contributed by atoms with Crippen molar-refractivity contribution < 1.29 is 9.90 Å². The summed E-state index contributed by atoms with van der Waals surface area (Å²) in [5, 5.41) is 12.3. The average molecular weight is 400 g/mol. The monoisotopic (exact) mass is 398 g/mol. The highest BCUT2D eigenvalue weighted by Crippen LogP contribution is 2.33. The van der Waals surface area contributed by atoms with Crippen molar-refractivity contribution in [1.82, 2.24) is 0 Å². The summed E-state index contributed by atoms with van der Waals surface area (Å²) in [4.78, 5) is 12.2. The van der Waals surface area contributed by atoms with Crippen LogP contribution in [0.3, 0.4) is 0 Å². The summed E-state index contributed by atoms with van der Waals surface area (Å²) >= 11 is 6.82. The van der Waals surface area contributed by atoms with Crippen molar-refractivity contribution >= 4 is 49.1 Å². The van der Waals surface area contributed by atoms with Gasteiger partial charge >= 0.3 is 0 Å². The number of benzene rings is 2. The Morgan fingerprint density at radius 1 is 1.20 bits per heavy atom. The van der Waals surface area contributed by atoms with Gasteiger partial charge in [-0.3, -0.25) is 4.79 Å². The van der Waals surface area contributed by atoms with Gasteiger partial charge in [0.2, 0.25) is 0 Å². The molecule has 0 fully saturated rings. The summed E-state index contributed by atoms with van der Waals surface area (Å²) < 4.78 is 1.55. The number of nitrogen functional groups attached to an aromatic ring is 1. The minimum Gasteiger partial charge on any atom is -0.506 e. The van der Waals surface area contributed by atoms with Gasteiger partial charge in [0.15, 0.2) is 0 Å². The molecule has 6 heteroatoms. The molecule has 0 heterocycles. The van der Waals surface area contributed by atoms with Gasteiger partial charge in [0.25, 0.3) is 5.91 Å². The number of anilines is 2. The molecule has 1 amide bonds. The highest BCUT2D eigenvalue weighted by atomic mass is 79.9. The maximum Gasteiger partial charge on any atom is 0.255 e. The van der Waals surface area contributed by atoms with Crippen LogP contribution in [0.1, 0.15) is 15.9 Å². The van der Waals surface area contributed by atoms with Crippen LogP contribution in [-0.2, 0) is 0 Å². The van der Waals surface area contributed by atoms with Crippen molar-refractivity contribution in [1.29, 1.82) is 0 Å². The van der Waals surface area contributed by atoms with Crippen LogP contribution in [0.15, 0.2) is 39.3 Å². The molecule has 0 aliphatic heterocycles. The Labute approximate surface area is 133 Å². The zero-order valence-corrected chi connectivity index (χ0v) is 13.7. The highest BCUT2D eigenvalue weighted by molar-refractivity contribution is 9.11. The van der Waals surface area contributed by atoms with Crippen molar-refractivity contribution in [3.8, 4) is 5.75 Å². The van der Waals surface area contributed by atoms with E-state index in [1.54, 1.807) is 6.07 Å². The molecule has 20 heavy (non-hydrogen) atoms. The Morgan fingerprint density at radius 3 is 2.35 bits per heavy atom. The molecule has 2 aromatic carbocycles. The first-order chi connectivity index (χ1) is 9.38. The van der Waals surface area contributed by atoms with Crippen LogP contribution in [0.25, 0.3) is 0 Å². The molecule has 2 aromatic rings. The molecule has 0 saturated heterocycles. The smallest absolute Gasteiger partial charge is 0.255 e. The van der Waals surface area contributed by atoms with Gasteiger partial charge in [-0.2, -0.15) is 0 Å². The predicted molar refractivity (Wildman–Crippen MR) is 87.1 cm³/mol. The number of hydrogen-bond donors (Lipinski definition) is 3. The molecule has 0 aliphatic rings. The number of nitrogens with two attached hydrogens (primary N) is 1. The lowest BCUT2D eigenvalue weighted by Crippen LogP contribution is -2.13. The number of nitrogens with one attached hydrogen (secondary N) is 1. The largest absolute Gasteiger partial charge is 0.506 e. The van der Waals surface area contributed by atoms with Crippen molar-refractivity contribution in [2.24, 2.45) is 0 Å². The number of amides is 1. The molecule has 0 aliphatic carbocycles. The summed E-state index contributed by atoms with van der Waals surface area (Å²) in [7, 11) is 0. The second-order valence-electron chi connectivity index (χ2n) is 4.33. The van der Waals surface area contributed by atoms with E-state index in [4.69, 9.17) is 5.73 Å². The van der Waals surface area contributed by atoms with Crippen LogP contribution in [-0.4, -0.2) is 11.0 Å². The summed E-state index contributed by atoms with van der Waals surface area (Å²) in [6.45, 7) is 1.96. The summed E-state index contributed by atoms with van der Waals surface area (Å²) in [6.07, 6.45) is 0. The van der Waals surface area contributed by atoms with Gasteiger partial charge in [0.1, 0.15) is 5.75 Å². The number of carbonyl (C=O) groups is 1. The lowest BCUT2D eigenvalue weighted by molar-refractivity contribution is 0.102. The first-order valence-corrected chi connectivity index (χ1v) is 7.32. The number of carbonyl (C=O) groups excluding carboxylic acids is 1. The second-order valence-corrected chi connectivity index (χ2v) is 6.04. The van der Waals surface area contributed by atoms with Gasteiger partial charge < -0.3 is 16.2 Å².